The van der Waals surface area contributed by atoms with Gasteiger partial charge in [-0.25, -0.2) is 12.8 Å². The van der Waals surface area contributed by atoms with Crippen LogP contribution in [0.1, 0.15) is 11.5 Å². The van der Waals surface area contributed by atoms with Gasteiger partial charge in [0.1, 0.15) is 11.1 Å². The van der Waals surface area contributed by atoms with Crippen LogP contribution < -0.4 is 0 Å². The Kier molecular flexibility index (Phi) is 3.43. The van der Waals surface area contributed by atoms with E-state index in [1.807, 2.05) is 12.1 Å². The zero-order valence-electron chi connectivity index (χ0n) is 11.8. The van der Waals surface area contributed by atoms with E-state index in [4.69, 9.17) is 0 Å². The minimum absolute atomic E-state index is 0.0736. The Hall–Kier alpha value is -2.70. The maximum absolute atomic E-state index is 13.1. The van der Waals surface area contributed by atoms with E-state index in [2.05, 4.69) is 0 Å². The molecule has 2 atom stereocenters. The van der Waals surface area contributed by atoms with E-state index in [0.717, 1.165) is 0 Å². The van der Waals surface area contributed by atoms with Gasteiger partial charge in [0.15, 0.2) is 15.3 Å². The zero-order valence-corrected chi connectivity index (χ0v) is 12.7. The monoisotopic (exact) mass is 326 g/mol. The molecule has 0 amide bonds. The second kappa shape index (κ2) is 5.19. The first-order chi connectivity index (χ1) is 11.0. The first-order valence-electron chi connectivity index (χ1n) is 6.84. The van der Waals surface area contributed by atoms with Gasteiger partial charge in [0.2, 0.25) is 0 Å². The molecule has 0 aliphatic heterocycles. The third-order valence-corrected chi connectivity index (χ3v) is 6.38. The molecule has 0 unspecified atom stereocenters. The smallest absolute Gasteiger partial charge is 0.184 e. The second-order valence-electron chi connectivity index (χ2n) is 5.40. The largest absolute Gasteiger partial charge is 0.223 e. The molecule has 6 heteroatoms. The molecule has 0 heterocycles. The fourth-order valence-corrected chi connectivity index (χ4v) is 5.16. The standard InChI is InChI=1S/C17H11FN2O2S/c18-13-8-6-12(7-9-13)15-16(17(15,10-19)11-20)23(21,22)14-4-2-1-3-5-14/h1-9,15-16H/t15-,16+/m1/s1. The molecular weight excluding hydrogens is 315 g/mol. The van der Waals surface area contributed by atoms with Crippen molar-refractivity contribution < 1.29 is 12.8 Å². The molecule has 0 N–H and O–H groups in total. The highest BCUT2D eigenvalue weighted by atomic mass is 32.2. The summed E-state index contributed by atoms with van der Waals surface area (Å²) < 4.78 is 38.7. The lowest BCUT2D eigenvalue weighted by Gasteiger charge is -2.03. The second-order valence-corrected chi connectivity index (χ2v) is 7.47. The third-order valence-electron chi connectivity index (χ3n) is 4.14. The summed E-state index contributed by atoms with van der Waals surface area (Å²) in [4.78, 5) is 0.0736. The number of halogens is 1. The third kappa shape index (κ3) is 2.19. The van der Waals surface area contributed by atoms with Crippen LogP contribution >= 0.6 is 0 Å². The van der Waals surface area contributed by atoms with E-state index in [1.165, 1.54) is 36.4 Å². The molecule has 0 spiro atoms. The number of hydrogen-bond acceptors (Lipinski definition) is 4. The van der Waals surface area contributed by atoms with Crippen LogP contribution in [0.5, 0.6) is 0 Å². The first kappa shape index (κ1) is 15.2. The number of benzene rings is 2. The number of rotatable bonds is 3. The predicted octanol–water partition coefficient (Wildman–Crippen LogP) is 2.80. The Morgan fingerprint density at radius 2 is 1.52 bits per heavy atom. The normalized spacial score (nSPS) is 21.9. The summed E-state index contributed by atoms with van der Waals surface area (Å²) in [5.41, 5.74) is -1.18. The highest BCUT2D eigenvalue weighted by Crippen LogP contribution is 2.63. The van der Waals surface area contributed by atoms with Crippen molar-refractivity contribution in [3.63, 3.8) is 0 Å². The molecule has 2 aromatic carbocycles. The van der Waals surface area contributed by atoms with E-state index >= 15 is 0 Å². The molecule has 4 nitrogen and oxygen atoms in total. The van der Waals surface area contributed by atoms with Crippen LogP contribution in [-0.4, -0.2) is 13.7 Å². The lowest BCUT2D eigenvalue weighted by Crippen LogP contribution is -2.14. The molecule has 0 aromatic heterocycles. The lowest BCUT2D eigenvalue weighted by atomic mass is 10.0. The molecule has 3 rings (SSSR count). The maximum Gasteiger partial charge on any atom is 0.184 e. The van der Waals surface area contributed by atoms with Gasteiger partial charge in [-0.05, 0) is 29.8 Å². The van der Waals surface area contributed by atoms with Gasteiger partial charge in [0, 0.05) is 5.92 Å². The fourth-order valence-electron chi connectivity index (χ4n) is 2.94. The van der Waals surface area contributed by atoms with Crippen LogP contribution in [0.3, 0.4) is 0 Å². The van der Waals surface area contributed by atoms with E-state index in [1.54, 1.807) is 18.2 Å². The molecule has 1 aliphatic carbocycles. The number of nitriles is 2. The van der Waals surface area contributed by atoms with Crippen molar-refractivity contribution in [3.05, 3.63) is 66.0 Å². The van der Waals surface area contributed by atoms with Crippen molar-refractivity contribution >= 4 is 9.84 Å². The van der Waals surface area contributed by atoms with Crippen molar-refractivity contribution in [2.45, 2.75) is 16.1 Å². The van der Waals surface area contributed by atoms with Crippen LogP contribution in [0, 0.1) is 33.9 Å². The minimum Gasteiger partial charge on any atom is -0.223 e. The Morgan fingerprint density at radius 1 is 0.957 bits per heavy atom. The average Bonchev–Trinajstić information content (AvgIpc) is 3.27. The molecule has 0 radical (unpaired) electrons. The van der Waals surface area contributed by atoms with Crippen LogP contribution in [0.15, 0.2) is 59.5 Å². The van der Waals surface area contributed by atoms with Gasteiger partial charge in [0.05, 0.1) is 17.0 Å². The Bertz CT molecular complexity index is 911. The molecular formula is C17H11FN2O2S. The summed E-state index contributed by atoms with van der Waals surface area (Å²) >= 11 is 0. The quantitative estimate of drug-likeness (QED) is 0.868. The molecule has 0 saturated heterocycles. The Morgan fingerprint density at radius 3 is 2.04 bits per heavy atom. The van der Waals surface area contributed by atoms with E-state index in [-0.39, 0.29) is 4.90 Å². The van der Waals surface area contributed by atoms with Gasteiger partial charge in [0.25, 0.3) is 0 Å². The van der Waals surface area contributed by atoms with Gasteiger partial charge >= 0.3 is 0 Å². The van der Waals surface area contributed by atoms with Crippen molar-refractivity contribution in [2.24, 2.45) is 5.41 Å². The first-order valence-corrected chi connectivity index (χ1v) is 8.39. The van der Waals surface area contributed by atoms with E-state index in [0.29, 0.717) is 5.56 Å². The topological polar surface area (TPSA) is 81.7 Å². The van der Waals surface area contributed by atoms with Crippen molar-refractivity contribution in [1.82, 2.24) is 0 Å². The lowest BCUT2D eigenvalue weighted by molar-refractivity contribution is 0.591. The molecule has 1 aliphatic rings. The van der Waals surface area contributed by atoms with Crippen molar-refractivity contribution in [3.8, 4) is 12.1 Å². The summed E-state index contributed by atoms with van der Waals surface area (Å²) in [6.45, 7) is 0. The van der Waals surface area contributed by atoms with E-state index in [9.17, 15) is 23.3 Å². The molecule has 2 aromatic rings. The van der Waals surface area contributed by atoms with Crippen molar-refractivity contribution in [2.75, 3.05) is 0 Å². The average molecular weight is 326 g/mol. The summed E-state index contributed by atoms with van der Waals surface area (Å²) in [6.07, 6.45) is 0. The van der Waals surface area contributed by atoms with E-state index < -0.39 is 32.2 Å². The highest BCUT2D eigenvalue weighted by molar-refractivity contribution is 7.92. The van der Waals surface area contributed by atoms with Gasteiger partial charge in [-0.15, -0.1) is 0 Å². The maximum atomic E-state index is 13.1. The highest BCUT2D eigenvalue weighted by Gasteiger charge is 2.73. The summed E-state index contributed by atoms with van der Waals surface area (Å²) in [7, 11) is -3.84. The summed E-state index contributed by atoms with van der Waals surface area (Å²) in [5.74, 6) is -1.25. The van der Waals surface area contributed by atoms with Crippen LogP contribution in [-0.2, 0) is 9.84 Å². The number of nitrogens with zero attached hydrogens (tertiary/aromatic N) is 2. The predicted molar refractivity (Wildman–Crippen MR) is 80.2 cm³/mol. The SMILES string of the molecule is N#CC1(C#N)[C@H](c2ccc(F)cc2)[C@@H]1S(=O)(=O)c1ccccc1. The summed E-state index contributed by atoms with van der Waals surface area (Å²) in [6, 6.07) is 16.7. The van der Waals surface area contributed by atoms with Crippen LogP contribution in [0.25, 0.3) is 0 Å². The number of hydrogen-bond donors (Lipinski definition) is 0. The molecule has 23 heavy (non-hydrogen) atoms. The summed E-state index contributed by atoms with van der Waals surface area (Å²) in [5, 5.41) is 17.7. The Labute approximate surface area is 133 Å². The van der Waals surface area contributed by atoms with Gasteiger partial charge in [-0.2, -0.15) is 10.5 Å². The van der Waals surface area contributed by atoms with Gasteiger partial charge < -0.3 is 0 Å². The molecule has 1 saturated carbocycles. The molecule has 114 valence electrons. The minimum atomic E-state index is -3.84. The van der Waals surface area contributed by atoms with Crippen LogP contribution in [0.2, 0.25) is 0 Å². The van der Waals surface area contributed by atoms with Gasteiger partial charge in [-0.3, -0.25) is 0 Å². The number of sulfone groups is 1. The van der Waals surface area contributed by atoms with Crippen molar-refractivity contribution in [1.29, 1.82) is 10.5 Å². The molecule has 0 bridgehead atoms. The molecule has 1 fully saturated rings. The Balaban J connectivity index is 2.10. The fraction of sp³-hybridized carbons (Fsp3) is 0.176. The van der Waals surface area contributed by atoms with Gasteiger partial charge in [-0.1, -0.05) is 30.3 Å². The zero-order chi connectivity index (χ0) is 16.7. The van der Waals surface area contributed by atoms with Crippen LogP contribution in [0.4, 0.5) is 4.39 Å².